The first kappa shape index (κ1) is 16.3. The van der Waals surface area contributed by atoms with Gasteiger partial charge in [0.1, 0.15) is 5.75 Å². The van der Waals surface area contributed by atoms with Gasteiger partial charge in [-0.2, -0.15) is 0 Å². The number of alkyl halides is 3. The first-order chi connectivity index (χ1) is 9.23. The number of hydrogen-bond donors (Lipinski definition) is 2. The monoisotopic (exact) mass is 290 g/mol. The Bertz CT molecular complexity index is 461. The van der Waals surface area contributed by atoms with Crippen molar-refractivity contribution in [3.8, 4) is 5.75 Å². The second kappa shape index (κ2) is 6.60. The van der Waals surface area contributed by atoms with E-state index in [2.05, 4.69) is 10.1 Å². The lowest BCUT2D eigenvalue weighted by atomic mass is 9.95. The molecular formula is C13H17F3N2O2. The lowest BCUT2D eigenvalue weighted by Gasteiger charge is -2.18. The molecule has 0 radical (unpaired) electrons. The van der Waals surface area contributed by atoms with Crippen molar-refractivity contribution in [2.24, 2.45) is 17.6 Å². The highest BCUT2D eigenvalue weighted by molar-refractivity contribution is 5.93. The van der Waals surface area contributed by atoms with Crippen LogP contribution in [0, 0.1) is 11.8 Å². The Labute approximate surface area is 115 Å². The molecule has 0 bridgehead atoms. The molecule has 7 heteroatoms. The second-order valence-corrected chi connectivity index (χ2v) is 4.65. The number of carbonyl (C=O) groups excluding carboxylic acids is 1. The van der Waals surface area contributed by atoms with E-state index in [4.69, 9.17) is 5.73 Å². The molecule has 0 aliphatic carbocycles. The summed E-state index contributed by atoms with van der Waals surface area (Å²) in [5, 5.41) is 2.53. The number of anilines is 1. The quantitative estimate of drug-likeness (QED) is 0.876. The number of benzene rings is 1. The molecule has 1 unspecified atom stereocenters. The molecule has 0 heterocycles. The van der Waals surface area contributed by atoms with Crippen molar-refractivity contribution in [2.75, 3.05) is 11.9 Å². The third-order valence-electron chi connectivity index (χ3n) is 2.73. The number of ether oxygens (including phenoxy) is 1. The summed E-state index contributed by atoms with van der Waals surface area (Å²) in [4.78, 5) is 11.9. The van der Waals surface area contributed by atoms with E-state index in [1.54, 1.807) is 0 Å². The van der Waals surface area contributed by atoms with Crippen LogP contribution in [0.25, 0.3) is 0 Å². The van der Waals surface area contributed by atoms with E-state index in [0.29, 0.717) is 0 Å². The van der Waals surface area contributed by atoms with Crippen molar-refractivity contribution >= 4 is 11.6 Å². The van der Waals surface area contributed by atoms with Gasteiger partial charge in [-0.05, 0) is 18.1 Å². The fourth-order valence-electron chi connectivity index (χ4n) is 1.69. The highest BCUT2D eigenvalue weighted by atomic mass is 19.4. The number of halogens is 3. The van der Waals surface area contributed by atoms with Gasteiger partial charge in [0.2, 0.25) is 5.91 Å². The number of hydrogen-bond acceptors (Lipinski definition) is 3. The van der Waals surface area contributed by atoms with E-state index in [9.17, 15) is 18.0 Å². The Hall–Kier alpha value is -1.76. The zero-order chi connectivity index (χ0) is 15.3. The normalized spacial score (nSPS) is 13.2. The molecule has 0 aliphatic rings. The molecule has 1 aromatic carbocycles. The van der Waals surface area contributed by atoms with Gasteiger partial charge < -0.3 is 15.8 Å². The molecule has 1 amide bonds. The van der Waals surface area contributed by atoms with E-state index in [-0.39, 0.29) is 29.8 Å². The largest absolute Gasteiger partial charge is 0.573 e. The van der Waals surface area contributed by atoms with E-state index in [0.717, 1.165) is 12.1 Å². The average molecular weight is 290 g/mol. The standard InChI is InChI=1S/C13H17F3N2O2/c1-8(2)11(7-17)12(19)18-9-4-3-5-10(6-9)20-13(14,15)16/h3-6,8,11H,7,17H2,1-2H3,(H,18,19). The molecule has 3 N–H and O–H groups in total. The van der Waals surface area contributed by atoms with Crippen LogP contribution in [0.4, 0.5) is 18.9 Å². The molecule has 0 saturated carbocycles. The first-order valence-corrected chi connectivity index (χ1v) is 6.09. The van der Waals surface area contributed by atoms with Gasteiger partial charge in [-0.15, -0.1) is 13.2 Å². The number of rotatable bonds is 5. The van der Waals surface area contributed by atoms with Gasteiger partial charge in [-0.3, -0.25) is 4.79 Å². The summed E-state index contributed by atoms with van der Waals surface area (Å²) in [5.41, 5.74) is 5.74. The minimum atomic E-state index is -4.76. The Balaban J connectivity index is 2.78. The molecule has 0 aromatic heterocycles. The maximum absolute atomic E-state index is 12.1. The summed E-state index contributed by atoms with van der Waals surface area (Å²) in [6.45, 7) is 3.86. The van der Waals surface area contributed by atoms with Gasteiger partial charge in [0.25, 0.3) is 0 Å². The Morgan fingerprint density at radius 1 is 1.40 bits per heavy atom. The van der Waals surface area contributed by atoms with Crippen LogP contribution in [-0.4, -0.2) is 18.8 Å². The molecule has 1 atom stereocenters. The van der Waals surface area contributed by atoms with E-state index in [1.807, 2.05) is 13.8 Å². The van der Waals surface area contributed by atoms with E-state index < -0.39 is 12.3 Å². The maximum Gasteiger partial charge on any atom is 0.573 e. The van der Waals surface area contributed by atoms with Gasteiger partial charge in [0, 0.05) is 18.3 Å². The first-order valence-electron chi connectivity index (χ1n) is 6.09. The topological polar surface area (TPSA) is 64.4 Å². The second-order valence-electron chi connectivity index (χ2n) is 4.65. The average Bonchev–Trinajstić information content (AvgIpc) is 2.27. The van der Waals surface area contributed by atoms with Gasteiger partial charge >= 0.3 is 6.36 Å². The highest BCUT2D eigenvalue weighted by Gasteiger charge is 2.31. The van der Waals surface area contributed by atoms with Gasteiger partial charge in [-0.1, -0.05) is 19.9 Å². The van der Waals surface area contributed by atoms with Crippen molar-refractivity contribution in [2.45, 2.75) is 20.2 Å². The third-order valence-corrected chi connectivity index (χ3v) is 2.73. The maximum atomic E-state index is 12.1. The van der Waals surface area contributed by atoms with Crippen molar-refractivity contribution in [3.05, 3.63) is 24.3 Å². The van der Waals surface area contributed by atoms with Gasteiger partial charge in [-0.25, -0.2) is 0 Å². The Kier molecular flexibility index (Phi) is 5.38. The SMILES string of the molecule is CC(C)C(CN)C(=O)Nc1cccc(OC(F)(F)F)c1. The van der Waals surface area contributed by atoms with E-state index in [1.165, 1.54) is 12.1 Å². The summed E-state index contributed by atoms with van der Waals surface area (Å²) < 4.78 is 40.1. The number of nitrogens with two attached hydrogens (primary N) is 1. The van der Waals surface area contributed by atoms with Gasteiger partial charge in [0.15, 0.2) is 0 Å². The van der Waals surface area contributed by atoms with E-state index >= 15 is 0 Å². The predicted octanol–water partition coefficient (Wildman–Crippen LogP) is 2.75. The van der Waals surface area contributed by atoms with Crippen molar-refractivity contribution in [3.63, 3.8) is 0 Å². The lowest BCUT2D eigenvalue weighted by Crippen LogP contribution is -2.33. The third kappa shape index (κ3) is 5.08. The molecule has 4 nitrogen and oxygen atoms in total. The molecule has 0 aliphatic heterocycles. The van der Waals surface area contributed by atoms with Gasteiger partial charge in [0.05, 0.1) is 5.92 Å². The van der Waals surface area contributed by atoms with Crippen LogP contribution in [0.3, 0.4) is 0 Å². The summed E-state index contributed by atoms with van der Waals surface area (Å²) in [5.74, 6) is -1.08. The summed E-state index contributed by atoms with van der Waals surface area (Å²) in [6, 6.07) is 5.11. The van der Waals surface area contributed by atoms with Crippen LogP contribution in [0.5, 0.6) is 5.75 Å². The van der Waals surface area contributed by atoms with Crippen LogP contribution >= 0.6 is 0 Å². The van der Waals surface area contributed by atoms with Crippen LogP contribution in [0.2, 0.25) is 0 Å². The molecule has 112 valence electrons. The zero-order valence-corrected chi connectivity index (χ0v) is 11.2. The number of carbonyl (C=O) groups is 1. The van der Waals surface area contributed by atoms with Crippen LogP contribution in [0.1, 0.15) is 13.8 Å². The van der Waals surface area contributed by atoms with Crippen molar-refractivity contribution in [1.29, 1.82) is 0 Å². The smallest absolute Gasteiger partial charge is 0.406 e. The molecular weight excluding hydrogens is 273 g/mol. The number of nitrogens with one attached hydrogen (secondary N) is 1. The molecule has 0 fully saturated rings. The van der Waals surface area contributed by atoms with Crippen LogP contribution in [-0.2, 0) is 4.79 Å². The Morgan fingerprint density at radius 3 is 2.55 bits per heavy atom. The van der Waals surface area contributed by atoms with Crippen molar-refractivity contribution in [1.82, 2.24) is 0 Å². The predicted molar refractivity (Wildman–Crippen MR) is 69.1 cm³/mol. The lowest BCUT2D eigenvalue weighted by molar-refractivity contribution is -0.274. The molecule has 0 saturated heterocycles. The number of amides is 1. The summed E-state index contributed by atoms with van der Waals surface area (Å²) in [7, 11) is 0. The Morgan fingerprint density at radius 2 is 2.05 bits per heavy atom. The van der Waals surface area contributed by atoms with Crippen LogP contribution < -0.4 is 15.8 Å². The fraction of sp³-hybridized carbons (Fsp3) is 0.462. The highest BCUT2D eigenvalue weighted by Crippen LogP contribution is 2.25. The molecule has 0 spiro atoms. The summed E-state index contributed by atoms with van der Waals surface area (Å²) >= 11 is 0. The fourth-order valence-corrected chi connectivity index (χ4v) is 1.69. The minimum absolute atomic E-state index is 0.0367. The van der Waals surface area contributed by atoms with Crippen molar-refractivity contribution < 1.29 is 22.7 Å². The molecule has 20 heavy (non-hydrogen) atoms. The minimum Gasteiger partial charge on any atom is -0.406 e. The van der Waals surface area contributed by atoms with Crippen LogP contribution in [0.15, 0.2) is 24.3 Å². The summed E-state index contributed by atoms with van der Waals surface area (Å²) in [6.07, 6.45) is -4.76. The molecule has 1 aromatic rings. The zero-order valence-electron chi connectivity index (χ0n) is 11.2. The molecule has 1 rings (SSSR count).